The standard InChI is InChI=1S/C50H30N4/c1-2-11-31(12-3-1)44-27-23-32-21-22-33-24-28-45(53-49(33)48(32)52-44)36-25-26-43(51-30-36)34-13-10-14-35(29-34)47-42-20-9-7-18-40(42)46-39-17-6-4-15-37(39)38-16-5-8-19-41(38)50(46)54-47/h1-30H. The van der Waals surface area contributed by atoms with E-state index in [2.05, 4.69) is 158 Å². The van der Waals surface area contributed by atoms with Crippen molar-refractivity contribution in [2.24, 2.45) is 0 Å². The monoisotopic (exact) mass is 686 g/mol. The topological polar surface area (TPSA) is 51.6 Å². The molecule has 0 N–H and O–H groups in total. The van der Waals surface area contributed by atoms with Crippen LogP contribution in [-0.4, -0.2) is 19.9 Å². The van der Waals surface area contributed by atoms with Gasteiger partial charge in [0.2, 0.25) is 0 Å². The van der Waals surface area contributed by atoms with Gasteiger partial charge in [-0.3, -0.25) is 4.98 Å². The molecule has 0 saturated heterocycles. The Morgan fingerprint density at radius 2 is 0.815 bits per heavy atom. The van der Waals surface area contributed by atoms with E-state index in [-0.39, 0.29) is 0 Å². The lowest BCUT2D eigenvalue weighted by Crippen LogP contribution is -1.93. The third-order valence-electron chi connectivity index (χ3n) is 10.7. The van der Waals surface area contributed by atoms with Crippen LogP contribution in [0.15, 0.2) is 182 Å². The average molecular weight is 687 g/mol. The van der Waals surface area contributed by atoms with Crippen LogP contribution in [0, 0.1) is 0 Å². The predicted molar refractivity (Wildman–Crippen MR) is 224 cm³/mol. The van der Waals surface area contributed by atoms with Crippen molar-refractivity contribution in [3.63, 3.8) is 0 Å². The van der Waals surface area contributed by atoms with E-state index >= 15 is 0 Å². The SMILES string of the molecule is c1ccc(-c2ccc3ccc4ccc(-c5ccc(-c6cccc(-c7nc8c9ccccc9c9ccccc9c8c8ccccc78)c6)nc5)nc4c3n2)cc1. The van der Waals surface area contributed by atoms with Gasteiger partial charge in [0.1, 0.15) is 0 Å². The van der Waals surface area contributed by atoms with Gasteiger partial charge in [0.25, 0.3) is 0 Å². The highest BCUT2D eigenvalue weighted by molar-refractivity contribution is 6.31. The highest BCUT2D eigenvalue weighted by atomic mass is 14.8. The van der Waals surface area contributed by atoms with Crippen molar-refractivity contribution in [2.75, 3.05) is 0 Å². The number of hydrogen-bond donors (Lipinski definition) is 0. The molecule has 0 aliphatic heterocycles. The van der Waals surface area contributed by atoms with Crippen LogP contribution < -0.4 is 0 Å². The molecule has 250 valence electrons. The fraction of sp³-hybridized carbons (Fsp3) is 0. The third kappa shape index (κ3) is 4.85. The van der Waals surface area contributed by atoms with Gasteiger partial charge >= 0.3 is 0 Å². The Morgan fingerprint density at radius 3 is 1.50 bits per heavy atom. The molecule has 0 atom stereocenters. The summed E-state index contributed by atoms with van der Waals surface area (Å²) in [6, 6.07) is 61.7. The van der Waals surface area contributed by atoms with Gasteiger partial charge in [-0.25, -0.2) is 15.0 Å². The van der Waals surface area contributed by atoms with E-state index in [0.29, 0.717) is 0 Å². The van der Waals surface area contributed by atoms with Crippen molar-refractivity contribution in [3.05, 3.63) is 182 Å². The summed E-state index contributed by atoms with van der Waals surface area (Å²) < 4.78 is 0. The molecular weight excluding hydrogens is 657 g/mol. The molecule has 54 heavy (non-hydrogen) atoms. The predicted octanol–water partition coefficient (Wildman–Crippen LogP) is 12.9. The molecule has 4 nitrogen and oxygen atoms in total. The molecular formula is C50H30N4. The van der Waals surface area contributed by atoms with Crippen molar-refractivity contribution in [2.45, 2.75) is 0 Å². The lowest BCUT2D eigenvalue weighted by atomic mass is 9.92. The zero-order valence-electron chi connectivity index (χ0n) is 29.1. The van der Waals surface area contributed by atoms with Gasteiger partial charge in [-0.2, -0.15) is 0 Å². The fourth-order valence-electron chi connectivity index (χ4n) is 8.05. The van der Waals surface area contributed by atoms with Crippen LogP contribution in [0.5, 0.6) is 0 Å². The highest BCUT2D eigenvalue weighted by Gasteiger charge is 2.17. The minimum absolute atomic E-state index is 0.862. The lowest BCUT2D eigenvalue weighted by Gasteiger charge is -2.15. The summed E-state index contributed by atoms with van der Waals surface area (Å²) in [5, 5.41) is 10.5. The van der Waals surface area contributed by atoms with Gasteiger partial charge in [0.15, 0.2) is 0 Å². The van der Waals surface area contributed by atoms with Crippen molar-refractivity contribution in [1.82, 2.24) is 19.9 Å². The number of rotatable bonds is 4. The second kappa shape index (κ2) is 12.1. The second-order valence-electron chi connectivity index (χ2n) is 13.8. The molecule has 4 heteroatoms. The molecule has 0 unspecified atom stereocenters. The van der Waals surface area contributed by atoms with Gasteiger partial charge in [0.05, 0.1) is 39.3 Å². The van der Waals surface area contributed by atoms with Gasteiger partial charge in [-0.05, 0) is 51.9 Å². The van der Waals surface area contributed by atoms with Gasteiger partial charge < -0.3 is 0 Å². The molecule has 0 spiro atoms. The van der Waals surface area contributed by atoms with E-state index in [0.717, 1.165) is 83.1 Å². The Kier molecular flexibility index (Phi) is 6.82. The molecule has 0 fully saturated rings. The molecule has 0 amide bonds. The molecule has 4 aromatic heterocycles. The molecule has 7 aromatic carbocycles. The zero-order valence-corrected chi connectivity index (χ0v) is 29.1. The minimum atomic E-state index is 0.862. The van der Waals surface area contributed by atoms with E-state index in [4.69, 9.17) is 19.9 Å². The summed E-state index contributed by atoms with van der Waals surface area (Å²) in [4.78, 5) is 20.7. The second-order valence-corrected chi connectivity index (χ2v) is 13.8. The van der Waals surface area contributed by atoms with Gasteiger partial charge in [0, 0.05) is 55.4 Å². The van der Waals surface area contributed by atoms with E-state index in [1.807, 2.05) is 24.4 Å². The number of aromatic nitrogens is 4. The van der Waals surface area contributed by atoms with Crippen LogP contribution in [0.1, 0.15) is 0 Å². The Hall–Kier alpha value is -7.30. The average Bonchev–Trinajstić information content (AvgIpc) is 3.26. The minimum Gasteiger partial charge on any atom is -0.256 e. The fourth-order valence-corrected chi connectivity index (χ4v) is 8.05. The quantitative estimate of drug-likeness (QED) is 0.173. The number of pyridine rings is 4. The van der Waals surface area contributed by atoms with Crippen molar-refractivity contribution < 1.29 is 0 Å². The maximum atomic E-state index is 5.48. The zero-order chi connectivity index (χ0) is 35.6. The Morgan fingerprint density at radius 1 is 0.296 bits per heavy atom. The normalized spacial score (nSPS) is 11.7. The van der Waals surface area contributed by atoms with Crippen LogP contribution in [0.3, 0.4) is 0 Å². The van der Waals surface area contributed by atoms with E-state index in [1.54, 1.807) is 0 Å². The van der Waals surface area contributed by atoms with E-state index in [9.17, 15) is 0 Å². The van der Waals surface area contributed by atoms with Crippen LogP contribution in [-0.2, 0) is 0 Å². The molecule has 0 bridgehead atoms. The number of hydrogen-bond acceptors (Lipinski definition) is 4. The van der Waals surface area contributed by atoms with Gasteiger partial charge in [-0.15, -0.1) is 0 Å². The summed E-state index contributed by atoms with van der Waals surface area (Å²) >= 11 is 0. The Labute approximate surface area is 311 Å². The largest absolute Gasteiger partial charge is 0.256 e. The first-order valence-electron chi connectivity index (χ1n) is 18.2. The molecule has 0 aliphatic rings. The van der Waals surface area contributed by atoms with Crippen LogP contribution >= 0.6 is 0 Å². The first kappa shape index (κ1) is 30.3. The van der Waals surface area contributed by atoms with Gasteiger partial charge in [-0.1, -0.05) is 146 Å². The summed E-state index contributed by atoms with van der Waals surface area (Å²) in [6.07, 6.45) is 1.92. The first-order chi connectivity index (χ1) is 26.8. The first-order valence-corrected chi connectivity index (χ1v) is 18.2. The maximum Gasteiger partial charge on any atom is 0.0972 e. The van der Waals surface area contributed by atoms with Crippen molar-refractivity contribution >= 4 is 65.0 Å². The number of fused-ring (bicyclic) bond motifs is 11. The van der Waals surface area contributed by atoms with E-state index in [1.165, 1.54) is 26.9 Å². The molecule has 11 rings (SSSR count). The number of benzene rings is 7. The summed E-state index contributed by atoms with van der Waals surface area (Å²) in [5.74, 6) is 0. The smallest absolute Gasteiger partial charge is 0.0972 e. The number of nitrogens with zero attached hydrogens (tertiary/aromatic N) is 4. The molecule has 4 heterocycles. The lowest BCUT2D eigenvalue weighted by molar-refractivity contribution is 1.30. The molecule has 0 aliphatic carbocycles. The molecule has 0 radical (unpaired) electrons. The molecule has 0 saturated carbocycles. The van der Waals surface area contributed by atoms with Crippen molar-refractivity contribution in [1.29, 1.82) is 0 Å². The highest BCUT2D eigenvalue weighted by Crippen LogP contribution is 2.41. The van der Waals surface area contributed by atoms with Crippen LogP contribution in [0.2, 0.25) is 0 Å². The summed E-state index contributed by atoms with van der Waals surface area (Å²) in [5.41, 5.74) is 10.6. The Bertz CT molecular complexity index is 3260. The van der Waals surface area contributed by atoms with Crippen LogP contribution in [0.4, 0.5) is 0 Å². The Balaban J connectivity index is 1.00. The van der Waals surface area contributed by atoms with Crippen LogP contribution in [0.25, 0.3) is 110 Å². The molecule has 11 aromatic rings. The summed E-state index contributed by atoms with van der Waals surface area (Å²) in [7, 11) is 0. The summed E-state index contributed by atoms with van der Waals surface area (Å²) in [6.45, 7) is 0. The van der Waals surface area contributed by atoms with E-state index < -0.39 is 0 Å². The van der Waals surface area contributed by atoms with Crippen molar-refractivity contribution in [3.8, 4) is 45.0 Å². The third-order valence-corrected chi connectivity index (χ3v) is 10.7. The maximum absolute atomic E-state index is 5.48.